The number of fused-ring (bicyclic) bond motifs is 2. The average molecular weight is 360 g/mol. The fourth-order valence-electron chi connectivity index (χ4n) is 3.50. The molecule has 0 bridgehead atoms. The van der Waals surface area contributed by atoms with Crippen LogP contribution < -0.4 is 0 Å². The largest absolute Gasteiger partial charge is 0.269 e. The molecule has 2 heterocycles. The van der Waals surface area contributed by atoms with Gasteiger partial charge in [0.1, 0.15) is 5.82 Å². The Bertz CT molecular complexity index is 1090. The molecule has 2 aromatic carbocycles. The summed E-state index contributed by atoms with van der Waals surface area (Å²) in [5, 5.41) is 0.753. The van der Waals surface area contributed by atoms with Crippen LogP contribution in [0.1, 0.15) is 51.9 Å². The van der Waals surface area contributed by atoms with Crippen LogP contribution in [0.5, 0.6) is 0 Å². The maximum absolute atomic E-state index is 13.6. The molecule has 1 aliphatic heterocycles. The van der Waals surface area contributed by atoms with Gasteiger partial charge < -0.3 is 0 Å². The standard InChI is InChI=1S/C22H17FN2O2/c1-3-6-19-18(11-14-9-10-15(23)12-20(14)24-19)13(2)25-21(26)16-7-4-5-8-17(16)22(25)27/h3-13H,1-2H3. The first-order valence-electron chi connectivity index (χ1n) is 8.71. The van der Waals surface area contributed by atoms with Gasteiger partial charge in [0.15, 0.2) is 0 Å². The number of allylic oxidation sites excluding steroid dienone is 1. The summed E-state index contributed by atoms with van der Waals surface area (Å²) in [7, 11) is 0. The highest BCUT2D eigenvalue weighted by atomic mass is 19.1. The first-order chi connectivity index (χ1) is 13.0. The molecule has 27 heavy (non-hydrogen) atoms. The van der Waals surface area contributed by atoms with Gasteiger partial charge in [-0.2, -0.15) is 0 Å². The van der Waals surface area contributed by atoms with E-state index in [0.717, 1.165) is 10.9 Å². The van der Waals surface area contributed by atoms with Crippen molar-refractivity contribution >= 4 is 28.8 Å². The summed E-state index contributed by atoms with van der Waals surface area (Å²) in [6, 6.07) is 12.6. The zero-order valence-electron chi connectivity index (χ0n) is 14.9. The Morgan fingerprint density at radius 2 is 1.70 bits per heavy atom. The van der Waals surface area contributed by atoms with Crippen molar-refractivity contribution in [3.05, 3.63) is 82.8 Å². The van der Waals surface area contributed by atoms with Gasteiger partial charge in [0.25, 0.3) is 11.8 Å². The topological polar surface area (TPSA) is 50.3 Å². The van der Waals surface area contributed by atoms with Crippen molar-refractivity contribution < 1.29 is 14.0 Å². The first-order valence-corrected chi connectivity index (χ1v) is 8.71. The molecule has 1 aliphatic rings. The second kappa shape index (κ2) is 6.43. The Balaban J connectivity index is 1.84. The highest BCUT2D eigenvalue weighted by molar-refractivity contribution is 6.21. The van der Waals surface area contributed by atoms with Gasteiger partial charge in [-0.15, -0.1) is 0 Å². The molecule has 4 rings (SSSR count). The van der Waals surface area contributed by atoms with Crippen molar-refractivity contribution in [2.24, 2.45) is 0 Å². The van der Waals surface area contributed by atoms with E-state index in [0.29, 0.717) is 22.3 Å². The Hall–Kier alpha value is -3.34. The van der Waals surface area contributed by atoms with E-state index in [1.165, 1.54) is 17.0 Å². The van der Waals surface area contributed by atoms with Crippen LogP contribution >= 0.6 is 0 Å². The molecule has 0 spiro atoms. The lowest BCUT2D eigenvalue weighted by Gasteiger charge is -2.24. The van der Waals surface area contributed by atoms with Crippen LogP contribution in [-0.2, 0) is 0 Å². The number of hydrogen-bond donors (Lipinski definition) is 0. The molecule has 0 radical (unpaired) electrons. The molecule has 0 aliphatic carbocycles. The summed E-state index contributed by atoms with van der Waals surface area (Å²) in [5.41, 5.74) is 2.71. The van der Waals surface area contributed by atoms with Crippen molar-refractivity contribution in [1.82, 2.24) is 9.88 Å². The van der Waals surface area contributed by atoms with E-state index >= 15 is 0 Å². The van der Waals surface area contributed by atoms with Gasteiger partial charge in [-0.25, -0.2) is 9.37 Å². The number of imide groups is 1. The van der Waals surface area contributed by atoms with Crippen LogP contribution in [0.4, 0.5) is 4.39 Å². The molecule has 1 atom stereocenters. The fraction of sp³-hybridized carbons (Fsp3) is 0.136. The second-order valence-corrected chi connectivity index (χ2v) is 6.50. The quantitative estimate of drug-likeness (QED) is 0.633. The van der Waals surface area contributed by atoms with Crippen LogP contribution in [0.3, 0.4) is 0 Å². The molecule has 2 amide bonds. The third-order valence-corrected chi connectivity index (χ3v) is 4.83. The summed E-state index contributed by atoms with van der Waals surface area (Å²) >= 11 is 0. The van der Waals surface area contributed by atoms with E-state index in [2.05, 4.69) is 4.98 Å². The molecule has 1 unspecified atom stereocenters. The predicted octanol–water partition coefficient (Wildman–Crippen LogP) is 4.76. The number of hydrogen-bond acceptors (Lipinski definition) is 3. The van der Waals surface area contributed by atoms with Crippen LogP contribution in [0.25, 0.3) is 17.0 Å². The Morgan fingerprint density at radius 3 is 2.33 bits per heavy atom. The van der Waals surface area contributed by atoms with E-state index in [1.807, 2.05) is 19.1 Å². The molecular weight excluding hydrogens is 343 g/mol. The van der Waals surface area contributed by atoms with Gasteiger partial charge in [-0.3, -0.25) is 14.5 Å². The number of benzene rings is 2. The number of carbonyl (C=O) groups excluding carboxylic acids is 2. The van der Waals surface area contributed by atoms with Gasteiger partial charge in [-0.05, 0) is 50.3 Å². The van der Waals surface area contributed by atoms with Crippen molar-refractivity contribution in [2.75, 3.05) is 0 Å². The third kappa shape index (κ3) is 2.72. The van der Waals surface area contributed by atoms with Crippen molar-refractivity contribution in [1.29, 1.82) is 0 Å². The van der Waals surface area contributed by atoms with Gasteiger partial charge in [0.05, 0.1) is 28.4 Å². The minimum atomic E-state index is -0.509. The summed E-state index contributed by atoms with van der Waals surface area (Å²) in [6.07, 6.45) is 3.63. The lowest BCUT2D eigenvalue weighted by atomic mass is 10.0. The number of halogens is 1. The Labute approximate surface area is 155 Å². The van der Waals surface area contributed by atoms with E-state index in [-0.39, 0.29) is 17.6 Å². The summed E-state index contributed by atoms with van der Waals surface area (Å²) in [6.45, 7) is 3.66. The van der Waals surface area contributed by atoms with E-state index in [1.54, 1.807) is 43.3 Å². The molecular formula is C22H17FN2O2. The van der Waals surface area contributed by atoms with Crippen LogP contribution in [0, 0.1) is 5.82 Å². The Morgan fingerprint density at radius 1 is 1.04 bits per heavy atom. The zero-order chi connectivity index (χ0) is 19.1. The Kier molecular flexibility index (Phi) is 4.07. The summed E-state index contributed by atoms with van der Waals surface area (Å²) in [5.74, 6) is -0.981. The van der Waals surface area contributed by atoms with Gasteiger partial charge in [0.2, 0.25) is 0 Å². The third-order valence-electron chi connectivity index (χ3n) is 4.83. The lowest BCUT2D eigenvalue weighted by Crippen LogP contribution is -2.33. The average Bonchev–Trinajstić information content (AvgIpc) is 2.92. The van der Waals surface area contributed by atoms with E-state index < -0.39 is 6.04 Å². The van der Waals surface area contributed by atoms with Crippen molar-refractivity contribution in [3.8, 4) is 0 Å². The lowest BCUT2D eigenvalue weighted by molar-refractivity contribution is 0.0595. The monoisotopic (exact) mass is 360 g/mol. The second-order valence-electron chi connectivity index (χ2n) is 6.50. The number of rotatable bonds is 3. The number of amides is 2. The normalized spacial score (nSPS) is 15.0. The highest BCUT2D eigenvalue weighted by Crippen LogP contribution is 2.33. The van der Waals surface area contributed by atoms with Crippen molar-refractivity contribution in [3.63, 3.8) is 0 Å². The molecule has 0 N–H and O–H groups in total. The molecule has 0 saturated heterocycles. The highest BCUT2D eigenvalue weighted by Gasteiger charge is 2.39. The van der Waals surface area contributed by atoms with Gasteiger partial charge in [0, 0.05) is 17.0 Å². The number of pyridine rings is 1. The van der Waals surface area contributed by atoms with Crippen LogP contribution in [-0.4, -0.2) is 21.7 Å². The molecule has 0 saturated carbocycles. The van der Waals surface area contributed by atoms with E-state index in [4.69, 9.17) is 0 Å². The molecule has 3 aromatic rings. The molecule has 4 nitrogen and oxygen atoms in total. The maximum Gasteiger partial charge on any atom is 0.262 e. The minimum Gasteiger partial charge on any atom is -0.269 e. The maximum atomic E-state index is 13.6. The number of carbonyl (C=O) groups is 2. The van der Waals surface area contributed by atoms with Crippen LogP contribution in [0.2, 0.25) is 0 Å². The first kappa shape index (κ1) is 17.1. The predicted molar refractivity (Wildman–Crippen MR) is 102 cm³/mol. The summed E-state index contributed by atoms with van der Waals surface area (Å²) < 4.78 is 13.6. The number of nitrogens with zero attached hydrogens (tertiary/aromatic N) is 2. The molecule has 0 fully saturated rings. The van der Waals surface area contributed by atoms with Crippen LogP contribution in [0.15, 0.2) is 54.6 Å². The van der Waals surface area contributed by atoms with Crippen molar-refractivity contribution in [2.45, 2.75) is 19.9 Å². The van der Waals surface area contributed by atoms with Gasteiger partial charge in [-0.1, -0.05) is 18.2 Å². The van der Waals surface area contributed by atoms with Gasteiger partial charge >= 0.3 is 0 Å². The van der Waals surface area contributed by atoms with E-state index in [9.17, 15) is 14.0 Å². The number of aromatic nitrogens is 1. The zero-order valence-corrected chi connectivity index (χ0v) is 14.9. The molecule has 134 valence electrons. The SMILES string of the molecule is CC=Cc1nc2cc(F)ccc2cc1C(C)N1C(=O)c2ccccc2C1=O. The smallest absolute Gasteiger partial charge is 0.262 e. The minimum absolute atomic E-state index is 0.311. The fourth-order valence-corrected chi connectivity index (χ4v) is 3.50. The molecule has 5 heteroatoms. The summed E-state index contributed by atoms with van der Waals surface area (Å²) in [4.78, 5) is 31.4. The molecule has 1 aromatic heterocycles.